The summed E-state index contributed by atoms with van der Waals surface area (Å²) in [5.74, 6) is 2.23. The average molecular weight is 411 g/mol. The number of nitrogens with zero attached hydrogens (tertiary/aromatic N) is 2. The molecule has 1 aromatic carbocycles. The summed E-state index contributed by atoms with van der Waals surface area (Å²) in [6.07, 6.45) is 2.49. The third kappa shape index (κ3) is 3.48. The van der Waals surface area contributed by atoms with E-state index in [1.54, 1.807) is 13.3 Å². The van der Waals surface area contributed by atoms with Gasteiger partial charge in [0.1, 0.15) is 23.3 Å². The highest BCUT2D eigenvalue weighted by atomic mass is 79.9. The van der Waals surface area contributed by atoms with Crippen molar-refractivity contribution in [2.24, 2.45) is 7.05 Å². The molecule has 0 atom stereocenters. The topological polar surface area (TPSA) is 44.1 Å². The van der Waals surface area contributed by atoms with Crippen LogP contribution in [0.15, 0.2) is 22.8 Å². The summed E-state index contributed by atoms with van der Waals surface area (Å²) in [6, 6.07) is 5.83. The number of rotatable bonds is 5. The number of halogens is 1. The molecular formula is C18H24BrN2O2P. The molecule has 2 aromatic rings. The zero-order chi connectivity index (χ0) is 17.6. The van der Waals surface area contributed by atoms with Crippen LogP contribution < -0.4 is 10.0 Å². The van der Waals surface area contributed by atoms with E-state index in [4.69, 9.17) is 9.72 Å². The first-order valence-corrected chi connectivity index (χ1v) is 11.7. The van der Waals surface area contributed by atoms with Crippen molar-refractivity contribution < 1.29 is 9.30 Å². The van der Waals surface area contributed by atoms with Crippen LogP contribution in [-0.4, -0.2) is 29.0 Å². The van der Waals surface area contributed by atoms with Crippen LogP contribution in [0.3, 0.4) is 0 Å². The largest absolute Gasteiger partial charge is 0.490 e. The van der Waals surface area contributed by atoms with Gasteiger partial charge in [0.25, 0.3) is 0 Å². The molecule has 0 amide bonds. The first kappa shape index (κ1) is 17.8. The Bertz CT molecular complexity index is 819. The molecule has 1 saturated carbocycles. The summed E-state index contributed by atoms with van der Waals surface area (Å²) >= 11 is 3.61. The first-order valence-electron chi connectivity index (χ1n) is 8.27. The van der Waals surface area contributed by atoms with Crippen LogP contribution in [-0.2, 0) is 11.6 Å². The van der Waals surface area contributed by atoms with E-state index in [1.165, 1.54) is 18.5 Å². The van der Waals surface area contributed by atoms with Gasteiger partial charge in [0.15, 0.2) is 0 Å². The molecule has 0 saturated heterocycles. The predicted octanol–water partition coefficient (Wildman–Crippen LogP) is 4.76. The Morgan fingerprint density at radius 2 is 2.00 bits per heavy atom. The van der Waals surface area contributed by atoms with Crippen LogP contribution in [0.25, 0.3) is 11.4 Å². The number of aromatic nitrogens is 2. The second kappa shape index (κ2) is 6.34. The molecule has 0 unspecified atom stereocenters. The van der Waals surface area contributed by atoms with Gasteiger partial charge in [-0.3, -0.25) is 0 Å². The first-order chi connectivity index (χ1) is 11.2. The molecule has 3 rings (SSSR count). The molecule has 0 spiro atoms. The van der Waals surface area contributed by atoms with Crippen LogP contribution in [0.1, 0.15) is 38.3 Å². The summed E-state index contributed by atoms with van der Waals surface area (Å²) in [7, 11) is -0.284. The molecule has 1 aliphatic carbocycles. The average Bonchev–Trinajstić information content (AvgIpc) is 3.24. The van der Waals surface area contributed by atoms with Gasteiger partial charge in [0, 0.05) is 18.3 Å². The van der Waals surface area contributed by atoms with E-state index in [0.717, 1.165) is 27.0 Å². The second-order valence-corrected chi connectivity index (χ2v) is 11.1. The molecule has 6 heteroatoms. The smallest absolute Gasteiger partial charge is 0.145 e. The van der Waals surface area contributed by atoms with Crippen molar-refractivity contribution in [2.45, 2.75) is 38.7 Å². The Labute approximate surface area is 152 Å². The molecule has 0 N–H and O–H groups in total. The number of benzene rings is 1. The maximum atomic E-state index is 12.4. The zero-order valence-corrected chi connectivity index (χ0v) is 17.3. The van der Waals surface area contributed by atoms with Crippen molar-refractivity contribution >= 4 is 28.4 Å². The fourth-order valence-corrected chi connectivity index (χ4v) is 4.52. The minimum absolute atomic E-state index is 0.0405. The minimum atomic E-state index is -2.34. The Hall–Kier alpha value is -1.06. The normalized spacial score (nSPS) is 15.1. The molecular weight excluding hydrogens is 387 g/mol. The molecule has 24 heavy (non-hydrogen) atoms. The fraction of sp³-hybridized carbons (Fsp3) is 0.500. The van der Waals surface area contributed by atoms with E-state index >= 15 is 0 Å². The minimum Gasteiger partial charge on any atom is -0.490 e. The number of hydrogen-bond acceptors (Lipinski definition) is 3. The second-order valence-electron chi connectivity index (χ2n) is 7.14. The summed E-state index contributed by atoms with van der Waals surface area (Å²) in [5.41, 5.74) is 2.19. The summed E-state index contributed by atoms with van der Waals surface area (Å²) < 4.78 is 21.5. The highest BCUT2D eigenvalue weighted by Crippen LogP contribution is 2.45. The molecule has 1 fully saturated rings. The molecule has 1 aromatic heterocycles. The van der Waals surface area contributed by atoms with Crippen molar-refractivity contribution in [1.29, 1.82) is 0 Å². The van der Waals surface area contributed by atoms with Crippen LogP contribution in [0.5, 0.6) is 5.75 Å². The van der Waals surface area contributed by atoms with Gasteiger partial charge in [-0.25, -0.2) is 4.98 Å². The van der Waals surface area contributed by atoms with E-state index in [0.29, 0.717) is 5.92 Å². The fourth-order valence-electron chi connectivity index (χ4n) is 2.90. The van der Waals surface area contributed by atoms with E-state index in [9.17, 15) is 4.57 Å². The maximum Gasteiger partial charge on any atom is 0.145 e. The van der Waals surface area contributed by atoms with Crippen LogP contribution in [0.4, 0.5) is 0 Å². The molecule has 4 nitrogen and oxygen atoms in total. The van der Waals surface area contributed by atoms with E-state index in [-0.39, 0.29) is 6.10 Å². The quantitative estimate of drug-likeness (QED) is 0.667. The zero-order valence-electron chi connectivity index (χ0n) is 14.8. The van der Waals surface area contributed by atoms with Gasteiger partial charge < -0.3 is 13.9 Å². The van der Waals surface area contributed by atoms with Crippen molar-refractivity contribution in [3.05, 3.63) is 28.5 Å². The van der Waals surface area contributed by atoms with Crippen molar-refractivity contribution in [3.8, 4) is 17.1 Å². The molecule has 0 aliphatic heterocycles. The number of ether oxygens (including phenoxy) is 1. The Morgan fingerprint density at radius 3 is 2.54 bits per heavy atom. The van der Waals surface area contributed by atoms with Gasteiger partial charge in [0.2, 0.25) is 0 Å². The SMILES string of the molecule is CC(C)Oc1cc(P(C)(C)=O)ccc1-c1nc(Br)c(C2CC2)n1C. The third-order valence-corrected chi connectivity index (χ3v) is 6.35. The molecule has 1 aliphatic rings. The Balaban J connectivity index is 2.13. The summed E-state index contributed by atoms with van der Waals surface area (Å²) in [5, 5.41) is 0.831. The lowest BCUT2D eigenvalue weighted by atomic mass is 10.2. The molecule has 0 bridgehead atoms. The van der Waals surface area contributed by atoms with Crippen LogP contribution in [0.2, 0.25) is 0 Å². The van der Waals surface area contributed by atoms with Gasteiger partial charge >= 0.3 is 0 Å². The Kier molecular flexibility index (Phi) is 4.69. The summed E-state index contributed by atoms with van der Waals surface area (Å²) in [6.45, 7) is 7.56. The van der Waals surface area contributed by atoms with E-state index in [1.807, 2.05) is 32.0 Å². The summed E-state index contributed by atoms with van der Waals surface area (Å²) in [4.78, 5) is 4.73. The predicted molar refractivity (Wildman–Crippen MR) is 103 cm³/mol. The van der Waals surface area contributed by atoms with Crippen molar-refractivity contribution in [1.82, 2.24) is 9.55 Å². The van der Waals surface area contributed by atoms with E-state index < -0.39 is 7.14 Å². The van der Waals surface area contributed by atoms with E-state index in [2.05, 4.69) is 27.5 Å². The lowest BCUT2D eigenvalue weighted by Gasteiger charge is -2.17. The van der Waals surface area contributed by atoms with Crippen LogP contribution >= 0.6 is 23.1 Å². The standard InChI is InChI=1S/C18H24BrN2O2P/c1-11(2)23-15-10-13(24(4,5)22)8-9-14(15)18-20-17(19)16(21(18)3)12-6-7-12/h8-12H,6-7H2,1-5H3. The van der Waals surface area contributed by atoms with Gasteiger partial charge in [-0.1, -0.05) is 6.07 Å². The maximum absolute atomic E-state index is 12.4. The van der Waals surface area contributed by atoms with Gasteiger partial charge in [0.05, 0.1) is 17.4 Å². The van der Waals surface area contributed by atoms with Crippen LogP contribution in [0, 0.1) is 0 Å². The van der Waals surface area contributed by atoms with Gasteiger partial charge in [-0.05, 0) is 68.1 Å². The lowest BCUT2D eigenvalue weighted by molar-refractivity contribution is 0.243. The molecule has 1 heterocycles. The lowest BCUT2D eigenvalue weighted by Crippen LogP contribution is -2.11. The highest BCUT2D eigenvalue weighted by molar-refractivity contribution is 9.10. The van der Waals surface area contributed by atoms with Gasteiger partial charge in [-0.2, -0.15) is 0 Å². The third-order valence-electron chi connectivity index (χ3n) is 4.25. The monoisotopic (exact) mass is 410 g/mol. The van der Waals surface area contributed by atoms with Crippen molar-refractivity contribution in [3.63, 3.8) is 0 Å². The van der Waals surface area contributed by atoms with Crippen molar-refractivity contribution in [2.75, 3.05) is 13.3 Å². The Morgan fingerprint density at radius 1 is 1.33 bits per heavy atom. The number of imidazole rings is 1. The van der Waals surface area contributed by atoms with Gasteiger partial charge in [-0.15, -0.1) is 0 Å². The number of hydrogen-bond donors (Lipinski definition) is 0. The highest BCUT2D eigenvalue weighted by Gasteiger charge is 2.31. The molecule has 0 radical (unpaired) electrons. The molecule has 130 valence electrons.